The second-order valence-electron chi connectivity index (χ2n) is 3.36. The molecular weight excluding hydrogens is 222 g/mol. The van der Waals surface area contributed by atoms with Crippen LogP contribution in [0.25, 0.3) is 0 Å². The molecule has 0 unspecified atom stereocenters. The van der Waals surface area contributed by atoms with Crippen molar-refractivity contribution in [3.63, 3.8) is 0 Å². The van der Waals surface area contributed by atoms with Crippen molar-refractivity contribution in [1.82, 2.24) is 15.2 Å². The fourth-order valence-electron chi connectivity index (χ4n) is 1.16. The van der Waals surface area contributed by atoms with E-state index in [9.17, 15) is 0 Å². The van der Waals surface area contributed by atoms with Crippen LogP contribution < -0.4 is 10.6 Å². The number of nitrogens with zero attached hydrogens (tertiary/aromatic N) is 3. The minimum atomic E-state index is 0.499. The van der Waals surface area contributed by atoms with Crippen LogP contribution in [0.1, 0.15) is 6.42 Å². The molecule has 0 aliphatic heterocycles. The smallest absolute Gasteiger partial charge is 0.244 e. The van der Waals surface area contributed by atoms with Crippen molar-refractivity contribution in [2.24, 2.45) is 0 Å². The zero-order valence-electron chi connectivity index (χ0n) is 10.3. The summed E-state index contributed by atoms with van der Waals surface area (Å²) in [6, 6.07) is 0. The van der Waals surface area contributed by atoms with Crippen molar-refractivity contribution >= 4 is 11.8 Å². The first-order valence-electron chi connectivity index (χ1n) is 5.52. The predicted molar refractivity (Wildman–Crippen MR) is 65.2 cm³/mol. The molecule has 0 saturated carbocycles. The summed E-state index contributed by atoms with van der Waals surface area (Å²) >= 11 is 0. The molecule has 7 nitrogen and oxygen atoms in total. The van der Waals surface area contributed by atoms with Crippen LogP contribution in [0.2, 0.25) is 0 Å². The molecule has 1 heterocycles. The summed E-state index contributed by atoms with van der Waals surface area (Å²) < 4.78 is 9.87. The number of rotatable bonds is 9. The summed E-state index contributed by atoms with van der Waals surface area (Å²) in [6.45, 7) is 2.79. The van der Waals surface area contributed by atoms with Crippen molar-refractivity contribution in [1.29, 1.82) is 0 Å². The fraction of sp³-hybridized carbons (Fsp3) is 0.700. The predicted octanol–water partition coefficient (Wildman–Crippen LogP) is 0.378. The first-order valence-corrected chi connectivity index (χ1v) is 5.52. The molecule has 0 atom stereocenters. The highest BCUT2D eigenvalue weighted by Gasteiger charge is 1.99. The quantitative estimate of drug-likeness (QED) is 0.605. The van der Waals surface area contributed by atoms with E-state index in [0.29, 0.717) is 24.9 Å². The zero-order chi connectivity index (χ0) is 12.3. The van der Waals surface area contributed by atoms with Gasteiger partial charge in [0.2, 0.25) is 5.95 Å². The van der Waals surface area contributed by atoms with Crippen LogP contribution >= 0.6 is 0 Å². The maximum absolute atomic E-state index is 4.95. The van der Waals surface area contributed by atoms with E-state index in [1.54, 1.807) is 20.4 Å². The standard InChI is InChI=1S/C10H19N5O2/c1-16-6-3-4-11-9-8-13-15-10(14-9)12-5-7-17-2/h8H,3-7H2,1-2H3,(H2,11,12,14,15). The third kappa shape index (κ3) is 5.98. The Morgan fingerprint density at radius 1 is 1.12 bits per heavy atom. The number of hydrogen-bond donors (Lipinski definition) is 2. The van der Waals surface area contributed by atoms with E-state index in [1.165, 1.54) is 0 Å². The first-order chi connectivity index (χ1) is 8.36. The monoisotopic (exact) mass is 241 g/mol. The van der Waals surface area contributed by atoms with Crippen molar-refractivity contribution in [3.8, 4) is 0 Å². The van der Waals surface area contributed by atoms with Crippen LogP contribution in [-0.2, 0) is 9.47 Å². The number of methoxy groups -OCH3 is 2. The minimum Gasteiger partial charge on any atom is -0.385 e. The van der Waals surface area contributed by atoms with E-state index < -0.39 is 0 Å². The first kappa shape index (κ1) is 13.6. The van der Waals surface area contributed by atoms with Crippen LogP contribution in [0.4, 0.5) is 11.8 Å². The van der Waals surface area contributed by atoms with E-state index in [1.807, 2.05) is 0 Å². The van der Waals surface area contributed by atoms with Gasteiger partial charge < -0.3 is 20.1 Å². The molecular formula is C10H19N5O2. The normalized spacial score (nSPS) is 10.2. The molecule has 0 aliphatic carbocycles. The van der Waals surface area contributed by atoms with Gasteiger partial charge in [-0.25, -0.2) is 0 Å². The third-order valence-corrected chi connectivity index (χ3v) is 1.98. The third-order valence-electron chi connectivity index (χ3n) is 1.98. The Hall–Kier alpha value is -1.47. The molecule has 0 amide bonds. The Morgan fingerprint density at radius 3 is 2.71 bits per heavy atom. The molecule has 17 heavy (non-hydrogen) atoms. The van der Waals surface area contributed by atoms with E-state index >= 15 is 0 Å². The van der Waals surface area contributed by atoms with Gasteiger partial charge in [-0.2, -0.15) is 10.1 Å². The molecule has 1 rings (SSSR count). The molecule has 0 radical (unpaired) electrons. The van der Waals surface area contributed by atoms with E-state index in [0.717, 1.165) is 19.6 Å². The Labute approximate surface area is 101 Å². The molecule has 1 aromatic rings. The summed E-state index contributed by atoms with van der Waals surface area (Å²) in [7, 11) is 3.33. The van der Waals surface area contributed by atoms with Gasteiger partial charge in [-0.3, -0.25) is 0 Å². The largest absolute Gasteiger partial charge is 0.385 e. The van der Waals surface area contributed by atoms with Gasteiger partial charge >= 0.3 is 0 Å². The van der Waals surface area contributed by atoms with Crippen LogP contribution in [0.3, 0.4) is 0 Å². The molecule has 0 saturated heterocycles. The minimum absolute atomic E-state index is 0.499. The Balaban J connectivity index is 2.31. The molecule has 0 spiro atoms. The summed E-state index contributed by atoms with van der Waals surface area (Å²) in [4.78, 5) is 4.25. The van der Waals surface area contributed by atoms with Gasteiger partial charge in [0.25, 0.3) is 0 Å². The summed E-state index contributed by atoms with van der Waals surface area (Å²) in [5.41, 5.74) is 0. The highest BCUT2D eigenvalue weighted by Crippen LogP contribution is 2.02. The van der Waals surface area contributed by atoms with Gasteiger partial charge in [0.1, 0.15) is 0 Å². The molecule has 1 aromatic heterocycles. The lowest BCUT2D eigenvalue weighted by molar-refractivity contribution is 0.197. The fourth-order valence-corrected chi connectivity index (χ4v) is 1.16. The molecule has 0 bridgehead atoms. The van der Waals surface area contributed by atoms with Crippen LogP contribution in [0.5, 0.6) is 0 Å². The second kappa shape index (κ2) is 8.66. The number of anilines is 2. The van der Waals surface area contributed by atoms with E-state index in [4.69, 9.17) is 9.47 Å². The average molecular weight is 241 g/mol. The maximum atomic E-state index is 4.95. The maximum Gasteiger partial charge on any atom is 0.244 e. The molecule has 2 N–H and O–H groups in total. The SMILES string of the molecule is COCCCNc1cnnc(NCCOC)n1. The van der Waals surface area contributed by atoms with Gasteiger partial charge in [0.05, 0.1) is 12.8 Å². The Kier molecular flexibility index (Phi) is 6.92. The van der Waals surface area contributed by atoms with Crippen LogP contribution in [0.15, 0.2) is 6.20 Å². The topological polar surface area (TPSA) is 81.2 Å². The van der Waals surface area contributed by atoms with Crippen molar-refractivity contribution in [2.75, 3.05) is 51.2 Å². The number of ether oxygens (including phenoxy) is 2. The van der Waals surface area contributed by atoms with Gasteiger partial charge in [-0.1, -0.05) is 0 Å². The summed E-state index contributed by atoms with van der Waals surface area (Å²) in [5, 5.41) is 13.9. The van der Waals surface area contributed by atoms with Crippen LogP contribution in [0, 0.1) is 0 Å². The van der Waals surface area contributed by atoms with Gasteiger partial charge in [-0.05, 0) is 6.42 Å². The van der Waals surface area contributed by atoms with Crippen molar-refractivity contribution < 1.29 is 9.47 Å². The lowest BCUT2D eigenvalue weighted by Crippen LogP contribution is -2.12. The number of nitrogens with one attached hydrogen (secondary N) is 2. The van der Waals surface area contributed by atoms with Crippen molar-refractivity contribution in [2.45, 2.75) is 6.42 Å². The second-order valence-corrected chi connectivity index (χ2v) is 3.36. The van der Waals surface area contributed by atoms with Gasteiger partial charge in [0.15, 0.2) is 5.82 Å². The highest BCUT2D eigenvalue weighted by molar-refractivity contribution is 5.36. The van der Waals surface area contributed by atoms with Crippen molar-refractivity contribution in [3.05, 3.63) is 6.20 Å². The number of aromatic nitrogens is 3. The summed E-state index contributed by atoms with van der Waals surface area (Å²) in [6.07, 6.45) is 2.52. The average Bonchev–Trinajstić information content (AvgIpc) is 2.36. The molecule has 7 heteroatoms. The lowest BCUT2D eigenvalue weighted by Gasteiger charge is -2.06. The highest BCUT2D eigenvalue weighted by atomic mass is 16.5. The Bertz CT molecular complexity index is 311. The van der Waals surface area contributed by atoms with Gasteiger partial charge in [-0.15, -0.1) is 5.10 Å². The van der Waals surface area contributed by atoms with Crippen LogP contribution in [-0.4, -0.2) is 55.7 Å². The number of hydrogen-bond acceptors (Lipinski definition) is 7. The zero-order valence-corrected chi connectivity index (χ0v) is 10.3. The lowest BCUT2D eigenvalue weighted by atomic mass is 10.4. The van der Waals surface area contributed by atoms with Gasteiger partial charge in [0, 0.05) is 33.9 Å². The van der Waals surface area contributed by atoms with E-state index in [-0.39, 0.29) is 0 Å². The molecule has 0 aliphatic rings. The molecule has 96 valence electrons. The Morgan fingerprint density at radius 2 is 1.94 bits per heavy atom. The molecule has 0 fully saturated rings. The van der Waals surface area contributed by atoms with E-state index in [2.05, 4.69) is 25.8 Å². The summed E-state index contributed by atoms with van der Waals surface area (Å²) in [5.74, 6) is 1.20. The molecule has 0 aromatic carbocycles.